The first-order valence-corrected chi connectivity index (χ1v) is 8.89. The van der Waals surface area contributed by atoms with Gasteiger partial charge in [0.2, 0.25) is 12.4 Å². The Hall–Kier alpha value is -3.80. The number of hydrogen-bond donors (Lipinski definition) is 1. The molecule has 28 heavy (non-hydrogen) atoms. The predicted octanol–water partition coefficient (Wildman–Crippen LogP) is 3.46. The molecule has 6 nitrogen and oxygen atoms in total. The number of anilines is 2. The fourth-order valence-corrected chi connectivity index (χ4v) is 3.10. The monoisotopic (exact) mass is 369 g/mol. The Kier molecular flexibility index (Phi) is 4.68. The topological polar surface area (TPSA) is 85.0 Å². The molecular formula is C22H19N5O. The summed E-state index contributed by atoms with van der Waals surface area (Å²) in [5, 5.41) is 0. The molecule has 2 aromatic carbocycles. The Balaban J connectivity index is 1.76. The van der Waals surface area contributed by atoms with Crippen LogP contribution in [0.1, 0.15) is 11.3 Å². The molecule has 0 spiro atoms. The molecule has 0 unspecified atom stereocenters. The van der Waals surface area contributed by atoms with Gasteiger partial charge >= 0.3 is 0 Å². The minimum absolute atomic E-state index is 0.245. The number of fused-ring (bicyclic) bond motifs is 1. The molecule has 0 radical (unpaired) electrons. The molecule has 2 aromatic heterocycles. The van der Waals surface area contributed by atoms with Crippen LogP contribution in [0.25, 0.3) is 22.3 Å². The summed E-state index contributed by atoms with van der Waals surface area (Å²) in [5.74, 6) is 0.245. The molecule has 6 heteroatoms. The van der Waals surface area contributed by atoms with Gasteiger partial charge in [-0.15, -0.1) is 0 Å². The van der Waals surface area contributed by atoms with E-state index in [9.17, 15) is 4.79 Å². The zero-order valence-corrected chi connectivity index (χ0v) is 15.4. The molecule has 0 bridgehead atoms. The lowest BCUT2D eigenvalue weighted by atomic mass is 10.1. The van der Waals surface area contributed by atoms with E-state index in [0.717, 1.165) is 45.6 Å². The zero-order valence-electron chi connectivity index (χ0n) is 15.4. The van der Waals surface area contributed by atoms with Crippen molar-refractivity contribution in [3.63, 3.8) is 0 Å². The maximum absolute atomic E-state index is 10.9. The third-order valence-corrected chi connectivity index (χ3v) is 4.57. The van der Waals surface area contributed by atoms with E-state index in [-0.39, 0.29) is 5.95 Å². The Morgan fingerprint density at radius 3 is 2.39 bits per heavy atom. The van der Waals surface area contributed by atoms with Crippen LogP contribution < -0.4 is 10.6 Å². The number of nitrogen functional groups attached to an aromatic ring is 1. The van der Waals surface area contributed by atoms with Crippen LogP contribution >= 0.6 is 0 Å². The first-order valence-electron chi connectivity index (χ1n) is 8.89. The van der Waals surface area contributed by atoms with Crippen LogP contribution in [0.5, 0.6) is 0 Å². The van der Waals surface area contributed by atoms with Crippen LogP contribution in [0.15, 0.2) is 66.7 Å². The summed E-state index contributed by atoms with van der Waals surface area (Å²) in [4.78, 5) is 26.0. The van der Waals surface area contributed by atoms with Gasteiger partial charge in [0.15, 0.2) is 0 Å². The van der Waals surface area contributed by atoms with Crippen molar-refractivity contribution >= 4 is 29.1 Å². The van der Waals surface area contributed by atoms with Gasteiger partial charge in [-0.05, 0) is 29.8 Å². The molecular weight excluding hydrogens is 350 g/mol. The lowest BCUT2D eigenvalue weighted by molar-refractivity contribution is -0.107. The van der Waals surface area contributed by atoms with E-state index in [1.165, 1.54) is 4.90 Å². The van der Waals surface area contributed by atoms with Crippen LogP contribution in [-0.4, -0.2) is 28.4 Å². The van der Waals surface area contributed by atoms with Gasteiger partial charge in [-0.3, -0.25) is 4.79 Å². The normalized spacial score (nSPS) is 10.8. The predicted molar refractivity (Wildman–Crippen MR) is 111 cm³/mol. The van der Waals surface area contributed by atoms with Crippen molar-refractivity contribution in [1.82, 2.24) is 15.0 Å². The lowest BCUT2D eigenvalue weighted by Crippen LogP contribution is -2.13. The number of carbonyl (C=O) groups excluding carboxylic acids is 1. The van der Waals surface area contributed by atoms with Gasteiger partial charge in [-0.2, -0.15) is 0 Å². The Morgan fingerprint density at radius 2 is 1.68 bits per heavy atom. The average molecular weight is 369 g/mol. The molecule has 2 heterocycles. The van der Waals surface area contributed by atoms with Crippen LogP contribution in [0.3, 0.4) is 0 Å². The van der Waals surface area contributed by atoms with Gasteiger partial charge in [0, 0.05) is 24.7 Å². The summed E-state index contributed by atoms with van der Waals surface area (Å²) in [5.41, 5.74) is 11.9. The number of pyridine rings is 1. The van der Waals surface area contributed by atoms with E-state index >= 15 is 0 Å². The first kappa shape index (κ1) is 17.6. The number of nitrogens with zero attached hydrogens (tertiary/aromatic N) is 4. The molecule has 2 N–H and O–H groups in total. The van der Waals surface area contributed by atoms with E-state index < -0.39 is 0 Å². The van der Waals surface area contributed by atoms with Crippen molar-refractivity contribution in [2.45, 2.75) is 6.42 Å². The van der Waals surface area contributed by atoms with Gasteiger partial charge in [-0.1, -0.05) is 42.5 Å². The maximum atomic E-state index is 10.9. The molecule has 138 valence electrons. The molecule has 4 aromatic rings. The number of benzene rings is 2. The van der Waals surface area contributed by atoms with E-state index in [4.69, 9.17) is 10.7 Å². The lowest BCUT2D eigenvalue weighted by Gasteiger charge is -2.12. The summed E-state index contributed by atoms with van der Waals surface area (Å²) in [6.45, 7) is 0. The van der Waals surface area contributed by atoms with Crippen molar-refractivity contribution in [3.05, 3.63) is 78.0 Å². The largest absolute Gasteiger partial charge is 0.368 e. The third kappa shape index (κ3) is 3.53. The van der Waals surface area contributed by atoms with Crippen LogP contribution in [0, 0.1) is 0 Å². The summed E-state index contributed by atoms with van der Waals surface area (Å²) in [6.07, 6.45) is 1.41. The van der Waals surface area contributed by atoms with Gasteiger partial charge in [0.05, 0.1) is 16.9 Å². The Bertz CT molecular complexity index is 1130. The van der Waals surface area contributed by atoms with E-state index in [1.807, 2.05) is 54.6 Å². The third-order valence-electron chi connectivity index (χ3n) is 4.57. The van der Waals surface area contributed by atoms with Gasteiger partial charge in [-0.25, -0.2) is 15.0 Å². The van der Waals surface area contributed by atoms with Crippen LogP contribution in [0.4, 0.5) is 11.6 Å². The van der Waals surface area contributed by atoms with Gasteiger partial charge in [0.1, 0.15) is 5.52 Å². The average Bonchev–Trinajstić information content (AvgIpc) is 2.74. The second-order valence-corrected chi connectivity index (χ2v) is 6.52. The minimum atomic E-state index is 0.245. The van der Waals surface area contributed by atoms with Crippen LogP contribution in [-0.2, 0) is 11.2 Å². The Morgan fingerprint density at radius 1 is 0.929 bits per heavy atom. The zero-order chi connectivity index (χ0) is 19.5. The number of rotatable bonds is 5. The van der Waals surface area contributed by atoms with E-state index in [0.29, 0.717) is 6.42 Å². The van der Waals surface area contributed by atoms with E-state index in [2.05, 4.69) is 22.1 Å². The van der Waals surface area contributed by atoms with Crippen molar-refractivity contribution in [2.75, 3.05) is 17.7 Å². The maximum Gasteiger partial charge on any atom is 0.220 e. The highest BCUT2D eigenvalue weighted by Crippen LogP contribution is 2.25. The summed E-state index contributed by atoms with van der Waals surface area (Å²) < 4.78 is 0. The molecule has 0 atom stereocenters. The minimum Gasteiger partial charge on any atom is -0.368 e. The van der Waals surface area contributed by atoms with Crippen molar-refractivity contribution in [3.8, 4) is 11.3 Å². The summed E-state index contributed by atoms with van der Waals surface area (Å²) in [7, 11) is 1.72. The summed E-state index contributed by atoms with van der Waals surface area (Å²) >= 11 is 0. The van der Waals surface area contributed by atoms with Crippen molar-refractivity contribution in [1.29, 1.82) is 0 Å². The number of hydrogen-bond acceptors (Lipinski definition) is 5. The van der Waals surface area contributed by atoms with Crippen LogP contribution in [0.2, 0.25) is 0 Å². The molecule has 0 aliphatic carbocycles. The molecule has 0 aliphatic rings. The SMILES string of the molecule is CN(C=O)c1ccc(-c2ccc3nc(N)nc(Cc4ccccc4)c3n2)cc1. The Labute approximate surface area is 162 Å². The highest BCUT2D eigenvalue weighted by molar-refractivity contribution is 5.82. The second-order valence-electron chi connectivity index (χ2n) is 6.52. The number of nitrogens with two attached hydrogens (primary N) is 1. The standard InChI is InChI=1S/C22H19N5O/c1-27(14-28)17-9-7-16(8-10-17)18-11-12-19-21(24-18)20(26-22(23)25-19)13-15-5-3-2-4-6-15/h2-12,14H,13H2,1H3,(H2,23,25,26). The van der Waals surface area contributed by atoms with Gasteiger partial charge < -0.3 is 10.6 Å². The van der Waals surface area contributed by atoms with Gasteiger partial charge in [0.25, 0.3) is 0 Å². The first-order chi connectivity index (χ1) is 13.6. The number of aromatic nitrogens is 3. The smallest absolute Gasteiger partial charge is 0.220 e. The molecule has 0 saturated heterocycles. The highest BCUT2D eigenvalue weighted by atomic mass is 16.1. The molecule has 0 saturated carbocycles. The summed E-state index contributed by atoms with van der Waals surface area (Å²) in [6, 6.07) is 21.6. The highest BCUT2D eigenvalue weighted by Gasteiger charge is 2.11. The molecule has 0 fully saturated rings. The fourth-order valence-electron chi connectivity index (χ4n) is 3.10. The quantitative estimate of drug-likeness (QED) is 0.545. The molecule has 1 amide bonds. The number of amides is 1. The van der Waals surface area contributed by atoms with Crippen molar-refractivity contribution < 1.29 is 4.79 Å². The molecule has 0 aliphatic heterocycles. The second kappa shape index (κ2) is 7.44. The molecule has 4 rings (SSSR count). The van der Waals surface area contributed by atoms with E-state index in [1.54, 1.807) is 7.05 Å². The fraction of sp³-hybridized carbons (Fsp3) is 0.0909. The van der Waals surface area contributed by atoms with Crippen molar-refractivity contribution in [2.24, 2.45) is 0 Å². The number of carbonyl (C=O) groups is 1.